The normalized spacial score (nSPS) is 18.3. The SMILES string of the molecule is CCCOCCCN1C(=O)CNC1c1ccc(OC)cc1. The molecule has 21 heavy (non-hydrogen) atoms. The van der Waals surface area contributed by atoms with Crippen LogP contribution in [0.25, 0.3) is 0 Å². The van der Waals surface area contributed by atoms with Gasteiger partial charge in [0, 0.05) is 19.8 Å². The van der Waals surface area contributed by atoms with E-state index in [-0.39, 0.29) is 12.1 Å². The first-order valence-electron chi connectivity index (χ1n) is 7.50. The maximum Gasteiger partial charge on any atom is 0.238 e. The lowest BCUT2D eigenvalue weighted by molar-refractivity contribution is -0.128. The molecule has 1 N–H and O–H groups in total. The van der Waals surface area contributed by atoms with Gasteiger partial charge in [0.1, 0.15) is 11.9 Å². The van der Waals surface area contributed by atoms with Crippen LogP contribution in [0.1, 0.15) is 31.5 Å². The second-order valence-corrected chi connectivity index (χ2v) is 5.11. The van der Waals surface area contributed by atoms with Crippen LogP contribution in [0.2, 0.25) is 0 Å². The molecule has 2 rings (SSSR count). The Balaban J connectivity index is 1.92. The summed E-state index contributed by atoms with van der Waals surface area (Å²) in [6.45, 7) is 4.69. The molecule has 5 heteroatoms. The molecule has 0 spiro atoms. The van der Waals surface area contributed by atoms with Crippen LogP contribution in [0.4, 0.5) is 0 Å². The molecule has 1 aliphatic heterocycles. The number of amides is 1. The third kappa shape index (κ3) is 4.19. The van der Waals surface area contributed by atoms with E-state index in [4.69, 9.17) is 9.47 Å². The van der Waals surface area contributed by atoms with Crippen molar-refractivity contribution < 1.29 is 14.3 Å². The maximum absolute atomic E-state index is 12.0. The maximum atomic E-state index is 12.0. The molecular formula is C16H24N2O3. The van der Waals surface area contributed by atoms with Gasteiger partial charge in [0.15, 0.2) is 0 Å². The zero-order chi connectivity index (χ0) is 15.1. The van der Waals surface area contributed by atoms with Crippen LogP contribution < -0.4 is 10.1 Å². The van der Waals surface area contributed by atoms with E-state index in [9.17, 15) is 4.79 Å². The van der Waals surface area contributed by atoms with E-state index in [1.54, 1.807) is 7.11 Å². The van der Waals surface area contributed by atoms with Crippen molar-refractivity contribution in [2.45, 2.75) is 25.9 Å². The molecule has 0 saturated carbocycles. The lowest BCUT2D eigenvalue weighted by Gasteiger charge is -2.24. The highest BCUT2D eigenvalue weighted by Gasteiger charge is 2.30. The van der Waals surface area contributed by atoms with E-state index in [2.05, 4.69) is 12.2 Å². The van der Waals surface area contributed by atoms with Crippen LogP contribution in [-0.2, 0) is 9.53 Å². The molecular weight excluding hydrogens is 268 g/mol. The molecule has 1 unspecified atom stereocenters. The Morgan fingerprint density at radius 1 is 1.29 bits per heavy atom. The molecule has 1 aliphatic rings. The number of nitrogens with zero attached hydrogens (tertiary/aromatic N) is 1. The fraction of sp³-hybridized carbons (Fsp3) is 0.562. The molecule has 1 aromatic rings. The van der Waals surface area contributed by atoms with Crippen LogP contribution in [0, 0.1) is 0 Å². The summed E-state index contributed by atoms with van der Waals surface area (Å²) in [5, 5.41) is 3.26. The summed E-state index contributed by atoms with van der Waals surface area (Å²) in [7, 11) is 1.65. The predicted octanol–water partition coefficient (Wildman–Crippen LogP) is 1.94. The lowest BCUT2D eigenvalue weighted by atomic mass is 10.1. The zero-order valence-corrected chi connectivity index (χ0v) is 12.8. The number of rotatable bonds is 8. The molecule has 1 amide bonds. The number of nitrogens with one attached hydrogen (secondary N) is 1. The zero-order valence-electron chi connectivity index (χ0n) is 12.8. The van der Waals surface area contributed by atoms with Gasteiger partial charge in [-0.05, 0) is 30.5 Å². The van der Waals surface area contributed by atoms with Crippen LogP contribution in [0.3, 0.4) is 0 Å². The molecule has 5 nitrogen and oxygen atoms in total. The summed E-state index contributed by atoms with van der Waals surface area (Å²) < 4.78 is 10.6. The summed E-state index contributed by atoms with van der Waals surface area (Å²) >= 11 is 0. The second-order valence-electron chi connectivity index (χ2n) is 5.11. The van der Waals surface area contributed by atoms with Gasteiger partial charge in [0.05, 0.1) is 13.7 Å². The summed E-state index contributed by atoms with van der Waals surface area (Å²) in [6.07, 6.45) is 1.84. The van der Waals surface area contributed by atoms with Gasteiger partial charge < -0.3 is 14.4 Å². The summed E-state index contributed by atoms with van der Waals surface area (Å²) in [4.78, 5) is 13.9. The molecule has 1 aromatic carbocycles. The Morgan fingerprint density at radius 3 is 2.71 bits per heavy atom. The van der Waals surface area contributed by atoms with E-state index in [0.29, 0.717) is 19.7 Å². The van der Waals surface area contributed by atoms with Gasteiger partial charge in [-0.3, -0.25) is 10.1 Å². The Kier molecular flexibility index (Phi) is 6.02. The monoisotopic (exact) mass is 292 g/mol. The summed E-state index contributed by atoms with van der Waals surface area (Å²) in [6, 6.07) is 7.83. The highest BCUT2D eigenvalue weighted by atomic mass is 16.5. The van der Waals surface area contributed by atoms with Crippen molar-refractivity contribution in [2.24, 2.45) is 0 Å². The number of methoxy groups -OCH3 is 1. The fourth-order valence-electron chi connectivity index (χ4n) is 2.46. The van der Waals surface area contributed by atoms with E-state index >= 15 is 0 Å². The minimum atomic E-state index is -0.0467. The Labute approximate surface area is 126 Å². The van der Waals surface area contributed by atoms with Crippen molar-refractivity contribution in [3.63, 3.8) is 0 Å². The van der Waals surface area contributed by atoms with Gasteiger partial charge >= 0.3 is 0 Å². The lowest BCUT2D eigenvalue weighted by Crippen LogP contribution is -2.31. The third-order valence-corrected chi connectivity index (χ3v) is 3.55. The van der Waals surface area contributed by atoms with Crippen molar-refractivity contribution in [1.82, 2.24) is 10.2 Å². The minimum absolute atomic E-state index is 0.0467. The van der Waals surface area contributed by atoms with Crippen LogP contribution in [-0.4, -0.2) is 44.2 Å². The molecule has 1 atom stereocenters. The topological polar surface area (TPSA) is 50.8 Å². The highest BCUT2D eigenvalue weighted by molar-refractivity contribution is 5.80. The predicted molar refractivity (Wildman–Crippen MR) is 81.2 cm³/mol. The minimum Gasteiger partial charge on any atom is -0.497 e. The molecule has 1 fully saturated rings. The highest BCUT2D eigenvalue weighted by Crippen LogP contribution is 2.24. The molecule has 0 radical (unpaired) electrons. The Bertz CT molecular complexity index is 447. The number of hydrogen-bond acceptors (Lipinski definition) is 4. The second kappa shape index (κ2) is 8.00. The number of carbonyl (C=O) groups is 1. The van der Waals surface area contributed by atoms with E-state index < -0.39 is 0 Å². The van der Waals surface area contributed by atoms with E-state index in [1.807, 2.05) is 29.2 Å². The van der Waals surface area contributed by atoms with Crippen LogP contribution >= 0.6 is 0 Å². The fourth-order valence-corrected chi connectivity index (χ4v) is 2.46. The standard InChI is InChI=1S/C16H24N2O3/c1-3-10-21-11-4-9-18-15(19)12-17-16(18)13-5-7-14(20-2)8-6-13/h5-8,16-17H,3-4,9-12H2,1-2H3. The quantitative estimate of drug-likeness (QED) is 0.744. The van der Waals surface area contributed by atoms with Gasteiger partial charge in [-0.25, -0.2) is 0 Å². The first kappa shape index (κ1) is 15.8. The molecule has 1 saturated heterocycles. The van der Waals surface area contributed by atoms with Crippen molar-refractivity contribution in [3.8, 4) is 5.75 Å². The number of hydrogen-bond donors (Lipinski definition) is 1. The van der Waals surface area contributed by atoms with Crippen LogP contribution in [0.15, 0.2) is 24.3 Å². The molecule has 0 aromatic heterocycles. The molecule has 0 aliphatic carbocycles. The smallest absolute Gasteiger partial charge is 0.238 e. The third-order valence-electron chi connectivity index (χ3n) is 3.55. The molecule has 116 valence electrons. The van der Waals surface area contributed by atoms with E-state index in [1.165, 1.54) is 0 Å². The largest absolute Gasteiger partial charge is 0.497 e. The number of benzene rings is 1. The van der Waals surface area contributed by atoms with Gasteiger partial charge in [-0.1, -0.05) is 19.1 Å². The Morgan fingerprint density at radius 2 is 2.05 bits per heavy atom. The van der Waals surface area contributed by atoms with Crippen molar-refractivity contribution in [1.29, 1.82) is 0 Å². The van der Waals surface area contributed by atoms with E-state index in [0.717, 1.165) is 30.8 Å². The summed E-state index contributed by atoms with van der Waals surface area (Å²) in [5.74, 6) is 0.967. The molecule has 1 heterocycles. The van der Waals surface area contributed by atoms with Gasteiger partial charge in [0.2, 0.25) is 5.91 Å². The molecule has 0 bridgehead atoms. The van der Waals surface area contributed by atoms with Gasteiger partial charge in [-0.2, -0.15) is 0 Å². The summed E-state index contributed by atoms with van der Waals surface area (Å²) in [5.41, 5.74) is 1.08. The number of carbonyl (C=O) groups excluding carboxylic acids is 1. The van der Waals surface area contributed by atoms with Gasteiger partial charge in [-0.15, -0.1) is 0 Å². The first-order chi connectivity index (χ1) is 10.3. The van der Waals surface area contributed by atoms with Crippen molar-refractivity contribution in [2.75, 3.05) is 33.4 Å². The van der Waals surface area contributed by atoms with Gasteiger partial charge in [0.25, 0.3) is 0 Å². The average Bonchev–Trinajstić information content (AvgIpc) is 2.88. The average molecular weight is 292 g/mol. The first-order valence-corrected chi connectivity index (χ1v) is 7.50. The number of ether oxygens (including phenoxy) is 2. The Hall–Kier alpha value is -1.59. The van der Waals surface area contributed by atoms with Crippen molar-refractivity contribution in [3.05, 3.63) is 29.8 Å². The van der Waals surface area contributed by atoms with Crippen molar-refractivity contribution >= 4 is 5.91 Å². The van der Waals surface area contributed by atoms with Crippen LogP contribution in [0.5, 0.6) is 5.75 Å².